The largest absolute Gasteiger partial charge is 0.198 e. The maximum atomic E-state index is 8.92. The van der Waals surface area contributed by atoms with Crippen molar-refractivity contribution in [2.24, 2.45) is 0 Å². The van der Waals surface area contributed by atoms with E-state index >= 15 is 0 Å². The zero-order valence-corrected chi connectivity index (χ0v) is 10.6. The van der Waals surface area contributed by atoms with Gasteiger partial charge in [0, 0.05) is 0 Å². The minimum atomic E-state index is 0.102. The summed E-state index contributed by atoms with van der Waals surface area (Å²) in [6.45, 7) is 6.64. The third-order valence-corrected chi connectivity index (χ3v) is 3.07. The molecular weight excluding hydrogens is 206 g/mol. The van der Waals surface area contributed by atoms with Crippen LogP contribution in [0.2, 0.25) is 0 Å². The number of hydrogen-bond acceptors (Lipinski definition) is 1. The Hall–Kier alpha value is -1.81. The quantitative estimate of drug-likeness (QED) is 0.710. The summed E-state index contributed by atoms with van der Waals surface area (Å²) in [5, 5.41) is 11.4. The van der Waals surface area contributed by atoms with E-state index in [1.165, 1.54) is 16.3 Å². The first kappa shape index (κ1) is 11.7. The number of nitrogens with zero attached hydrogens (tertiary/aromatic N) is 1. The lowest BCUT2D eigenvalue weighted by Crippen LogP contribution is -2.12. The molecule has 0 amide bonds. The molecule has 0 saturated heterocycles. The summed E-state index contributed by atoms with van der Waals surface area (Å²) >= 11 is 0. The average Bonchev–Trinajstić information content (AvgIpc) is 2.28. The highest BCUT2D eigenvalue weighted by molar-refractivity contribution is 5.90. The second kappa shape index (κ2) is 4.22. The molecule has 0 N–H and O–H groups in total. The molecule has 1 heteroatoms. The van der Waals surface area contributed by atoms with Crippen molar-refractivity contribution < 1.29 is 0 Å². The van der Waals surface area contributed by atoms with E-state index < -0.39 is 0 Å². The Kier molecular flexibility index (Phi) is 2.90. The van der Waals surface area contributed by atoms with E-state index in [2.05, 4.69) is 57.2 Å². The van der Waals surface area contributed by atoms with Crippen LogP contribution in [0.15, 0.2) is 36.4 Å². The molecule has 0 heterocycles. The molecule has 0 aromatic heterocycles. The summed E-state index contributed by atoms with van der Waals surface area (Å²) in [7, 11) is 0. The van der Waals surface area contributed by atoms with Gasteiger partial charge in [0.25, 0.3) is 0 Å². The van der Waals surface area contributed by atoms with Crippen molar-refractivity contribution in [3.8, 4) is 6.07 Å². The Morgan fingerprint density at radius 3 is 2.29 bits per heavy atom. The number of rotatable bonds is 1. The maximum Gasteiger partial charge on any atom is 0.0669 e. The summed E-state index contributed by atoms with van der Waals surface area (Å²) < 4.78 is 0. The van der Waals surface area contributed by atoms with Crippen LogP contribution < -0.4 is 0 Å². The van der Waals surface area contributed by atoms with Crippen molar-refractivity contribution >= 4 is 10.8 Å². The molecule has 0 spiro atoms. The number of hydrogen-bond donors (Lipinski definition) is 0. The topological polar surface area (TPSA) is 23.8 Å². The summed E-state index contributed by atoms with van der Waals surface area (Å²) in [5.41, 5.74) is 2.56. The number of benzene rings is 2. The molecule has 86 valence electrons. The normalized spacial score (nSPS) is 11.4. The van der Waals surface area contributed by atoms with Crippen molar-refractivity contribution in [3.05, 3.63) is 47.5 Å². The summed E-state index contributed by atoms with van der Waals surface area (Å²) in [6, 6.07) is 14.8. The van der Waals surface area contributed by atoms with E-state index in [1.54, 1.807) is 0 Å². The summed E-state index contributed by atoms with van der Waals surface area (Å²) in [5.74, 6) is 0. The fourth-order valence-corrected chi connectivity index (χ4v) is 2.28. The lowest BCUT2D eigenvalue weighted by Gasteiger charge is -2.22. The van der Waals surface area contributed by atoms with Gasteiger partial charge in [0.2, 0.25) is 0 Å². The van der Waals surface area contributed by atoms with Crippen LogP contribution in [-0.2, 0) is 11.8 Å². The van der Waals surface area contributed by atoms with Crippen LogP contribution in [0, 0.1) is 11.3 Å². The molecule has 0 atom stereocenters. The first-order valence-electron chi connectivity index (χ1n) is 5.92. The van der Waals surface area contributed by atoms with E-state index in [4.69, 9.17) is 5.26 Å². The number of fused-ring (bicyclic) bond motifs is 1. The molecule has 1 nitrogen and oxygen atoms in total. The lowest BCUT2D eigenvalue weighted by atomic mass is 9.82. The highest BCUT2D eigenvalue weighted by Gasteiger charge is 2.18. The van der Waals surface area contributed by atoms with E-state index in [-0.39, 0.29) is 5.41 Å². The van der Waals surface area contributed by atoms with Crippen LogP contribution in [0.3, 0.4) is 0 Å². The van der Waals surface area contributed by atoms with Crippen molar-refractivity contribution in [2.45, 2.75) is 32.6 Å². The second-order valence-electron chi connectivity index (χ2n) is 5.41. The molecule has 2 rings (SSSR count). The molecule has 2 aromatic carbocycles. The molecule has 17 heavy (non-hydrogen) atoms. The van der Waals surface area contributed by atoms with Crippen molar-refractivity contribution in [1.29, 1.82) is 5.26 Å². The lowest BCUT2D eigenvalue weighted by molar-refractivity contribution is 0.595. The molecular formula is C16H17N. The van der Waals surface area contributed by atoms with Crippen molar-refractivity contribution in [3.63, 3.8) is 0 Å². The standard InChI is InChI=1S/C16H17N/c1-16(2,3)14-9-5-8-12-6-4-7-13(10-11-17)15(12)14/h4-9H,10H2,1-3H3. The second-order valence-corrected chi connectivity index (χ2v) is 5.41. The average molecular weight is 223 g/mol. The Labute approximate surface area is 103 Å². The van der Waals surface area contributed by atoms with Crippen molar-refractivity contribution in [1.82, 2.24) is 0 Å². The van der Waals surface area contributed by atoms with Crippen molar-refractivity contribution in [2.75, 3.05) is 0 Å². The first-order valence-corrected chi connectivity index (χ1v) is 5.92. The van der Waals surface area contributed by atoms with Gasteiger partial charge in [-0.3, -0.25) is 0 Å². The van der Waals surface area contributed by atoms with E-state index in [9.17, 15) is 0 Å². The van der Waals surface area contributed by atoms with Gasteiger partial charge in [-0.25, -0.2) is 0 Å². The highest BCUT2D eigenvalue weighted by Crippen LogP contribution is 2.32. The van der Waals surface area contributed by atoms with Gasteiger partial charge in [-0.15, -0.1) is 0 Å². The third kappa shape index (κ3) is 2.17. The Bertz CT molecular complexity index is 577. The fraction of sp³-hybridized carbons (Fsp3) is 0.312. The smallest absolute Gasteiger partial charge is 0.0669 e. The molecule has 0 aliphatic rings. The van der Waals surface area contributed by atoms with Gasteiger partial charge >= 0.3 is 0 Å². The Morgan fingerprint density at radius 2 is 1.71 bits per heavy atom. The van der Waals surface area contributed by atoms with Crippen LogP contribution >= 0.6 is 0 Å². The van der Waals surface area contributed by atoms with Gasteiger partial charge in [-0.05, 0) is 27.3 Å². The summed E-state index contributed by atoms with van der Waals surface area (Å²) in [6.07, 6.45) is 0.477. The number of nitriles is 1. The minimum absolute atomic E-state index is 0.102. The SMILES string of the molecule is CC(C)(C)c1cccc2cccc(CC#N)c12. The predicted molar refractivity (Wildman–Crippen MR) is 72.0 cm³/mol. The molecule has 0 aliphatic carbocycles. The molecule has 2 aromatic rings. The van der Waals surface area contributed by atoms with Crippen LogP contribution in [0.1, 0.15) is 31.9 Å². The molecule has 0 radical (unpaired) electrons. The van der Waals surface area contributed by atoms with E-state index in [0.717, 1.165) is 5.56 Å². The monoisotopic (exact) mass is 223 g/mol. The minimum Gasteiger partial charge on any atom is -0.198 e. The zero-order chi connectivity index (χ0) is 12.5. The Balaban J connectivity index is 2.81. The Morgan fingerprint density at radius 1 is 1.06 bits per heavy atom. The van der Waals surface area contributed by atoms with Gasteiger partial charge in [0.15, 0.2) is 0 Å². The van der Waals surface area contributed by atoms with E-state index in [0.29, 0.717) is 6.42 Å². The van der Waals surface area contributed by atoms with Gasteiger partial charge in [-0.2, -0.15) is 5.26 Å². The molecule has 0 aliphatic heterocycles. The van der Waals surface area contributed by atoms with E-state index in [1.807, 2.05) is 6.07 Å². The van der Waals surface area contributed by atoms with Gasteiger partial charge < -0.3 is 0 Å². The zero-order valence-electron chi connectivity index (χ0n) is 10.6. The van der Waals surface area contributed by atoms with Crippen LogP contribution in [0.25, 0.3) is 10.8 Å². The molecule has 0 unspecified atom stereocenters. The maximum absolute atomic E-state index is 8.92. The van der Waals surface area contributed by atoms with Crippen LogP contribution in [0.5, 0.6) is 0 Å². The molecule has 0 fully saturated rings. The van der Waals surface area contributed by atoms with Crippen LogP contribution in [0.4, 0.5) is 0 Å². The van der Waals surface area contributed by atoms with Gasteiger partial charge in [0.1, 0.15) is 0 Å². The fourth-order valence-electron chi connectivity index (χ4n) is 2.28. The highest BCUT2D eigenvalue weighted by atomic mass is 14.2. The van der Waals surface area contributed by atoms with Crippen LogP contribution in [-0.4, -0.2) is 0 Å². The first-order chi connectivity index (χ1) is 8.04. The molecule has 0 saturated carbocycles. The van der Waals surface area contributed by atoms with Gasteiger partial charge in [-0.1, -0.05) is 57.2 Å². The molecule has 0 bridgehead atoms. The van der Waals surface area contributed by atoms with Gasteiger partial charge in [0.05, 0.1) is 12.5 Å². The summed E-state index contributed by atoms with van der Waals surface area (Å²) in [4.78, 5) is 0. The predicted octanol–water partition coefficient (Wildman–Crippen LogP) is 4.20. The third-order valence-electron chi connectivity index (χ3n) is 3.07.